The summed E-state index contributed by atoms with van der Waals surface area (Å²) in [7, 11) is 0. The number of benzene rings is 2. The van der Waals surface area contributed by atoms with Gasteiger partial charge in [-0.15, -0.1) is 0 Å². The maximum Gasteiger partial charge on any atom is 0.204 e. The molecule has 2 aliphatic rings. The second-order valence-corrected chi connectivity index (χ2v) is 10.1. The zero-order valence-electron chi connectivity index (χ0n) is 20.7. The summed E-state index contributed by atoms with van der Waals surface area (Å²) in [5, 5.41) is 0. The van der Waals surface area contributed by atoms with Crippen LogP contribution in [0.25, 0.3) is 0 Å². The Morgan fingerprint density at radius 2 is 1.06 bits per heavy atom. The lowest BCUT2D eigenvalue weighted by Gasteiger charge is -2.31. The van der Waals surface area contributed by atoms with Gasteiger partial charge in [0.1, 0.15) is 0 Å². The van der Waals surface area contributed by atoms with E-state index in [-0.39, 0.29) is 42.5 Å². The van der Waals surface area contributed by atoms with Gasteiger partial charge in [0, 0.05) is 0 Å². The molecule has 2 aliphatic carbocycles. The fourth-order valence-corrected chi connectivity index (χ4v) is 5.83. The predicted molar refractivity (Wildman–Crippen MR) is 129 cm³/mol. The fraction of sp³-hybridized carbons (Fsp3) is 0.586. The molecule has 0 bridgehead atoms. The number of ether oxygens (including phenoxy) is 2. The summed E-state index contributed by atoms with van der Waals surface area (Å²) < 4.78 is 69.1. The van der Waals surface area contributed by atoms with Crippen LogP contribution in [0.1, 0.15) is 94.6 Å². The van der Waals surface area contributed by atoms with E-state index in [9.17, 15) is 8.78 Å². The monoisotopic (exact) mass is 492 g/mol. The Kier molecular flexibility index (Phi) is 8.61. The highest BCUT2D eigenvalue weighted by molar-refractivity contribution is 5.35. The SMILES string of the molecule is CCOc1ccc(OCC2CCC(c3ccc(C4CCC(CC)CC4)c(F)c3F)CC2)c(F)c1F. The molecular weight excluding hydrogens is 456 g/mol. The normalized spacial score (nSPS) is 24.9. The van der Waals surface area contributed by atoms with E-state index in [1.165, 1.54) is 12.1 Å². The molecule has 0 atom stereocenters. The van der Waals surface area contributed by atoms with Crippen molar-refractivity contribution in [3.05, 3.63) is 58.7 Å². The Morgan fingerprint density at radius 1 is 0.600 bits per heavy atom. The van der Waals surface area contributed by atoms with Crippen LogP contribution in [0, 0.1) is 35.1 Å². The minimum atomic E-state index is -1.05. The lowest BCUT2D eigenvalue weighted by atomic mass is 9.76. The lowest BCUT2D eigenvalue weighted by Crippen LogP contribution is -2.21. The molecule has 6 heteroatoms. The zero-order chi connectivity index (χ0) is 24.9. The van der Waals surface area contributed by atoms with Crippen LogP contribution in [0.15, 0.2) is 24.3 Å². The van der Waals surface area contributed by atoms with Crippen molar-refractivity contribution in [3.63, 3.8) is 0 Å². The Labute approximate surface area is 206 Å². The fourth-order valence-electron chi connectivity index (χ4n) is 5.83. The quantitative estimate of drug-likeness (QED) is 0.343. The van der Waals surface area contributed by atoms with Crippen molar-refractivity contribution >= 4 is 0 Å². The van der Waals surface area contributed by atoms with Gasteiger partial charge in [0.15, 0.2) is 23.1 Å². The highest BCUT2D eigenvalue weighted by atomic mass is 19.2. The van der Waals surface area contributed by atoms with E-state index in [2.05, 4.69) is 6.92 Å². The smallest absolute Gasteiger partial charge is 0.204 e. The third-order valence-electron chi connectivity index (χ3n) is 8.08. The van der Waals surface area contributed by atoms with Crippen LogP contribution in [0.4, 0.5) is 17.6 Å². The Morgan fingerprint density at radius 3 is 1.51 bits per heavy atom. The molecule has 0 N–H and O–H groups in total. The molecule has 0 radical (unpaired) electrons. The minimum absolute atomic E-state index is 0.0368. The summed E-state index contributed by atoms with van der Waals surface area (Å²) in [6.07, 6.45) is 8.13. The molecule has 0 aromatic heterocycles. The maximum absolute atomic E-state index is 15.1. The Bertz CT molecular complexity index is 993. The molecule has 2 aromatic rings. The average Bonchev–Trinajstić information content (AvgIpc) is 2.88. The average molecular weight is 493 g/mol. The third-order valence-corrected chi connectivity index (χ3v) is 8.08. The van der Waals surface area contributed by atoms with Gasteiger partial charge in [0.25, 0.3) is 0 Å². The molecule has 0 amide bonds. The molecule has 0 aliphatic heterocycles. The topological polar surface area (TPSA) is 18.5 Å². The van der Waals surface area contributed by atoms with Crippen LogP contribution in [-0.2, 0) is 0 Å². The summed E-state index contributed by atoms with van der Waals surface area (Å²) in [4.78, 5) is 0. The van der Waals surface area contributed by atoms with Crippen LogP contribution in [-0.4, -0.2) is 13.2 Å². The molecule has 4 rings (SSSR count). The first-order valence-corrected chi connectivity index (χ1v) is 13.1. The van der Waals surface area contributed by atoms with Gasteiger partial charge in [0.05, 0.1) is 13.2 Å². The summed E-state index contributed by atoms with van der Waals surface area (Å²) in [5.74, 6) is -2.78. The van der Waals surface area contributed by atoms with E-state index in [1.54, 1.807) is 13.0 Å². The number of hydrogen-bond acceptors (Lipinski definition) is 2. The van der Waals surface area contributed by atoms with Gasteiger partial charge >= 0.3 is 0 Å². The molecule has 0 saturated heterocycles. The summed E-state index contributed by atoms with van der Waals surface area (Å²) in [5.41, 5.74) is 1.000. The first-order chi connectivity index (χ1) is 16.9. The summed E-state index contributed by atoms with van der Waals surface area (Å²) >= 11 is 0. The Hall–Kier alpha value is -2.24. The second-order valence-electron chi connectivity index (χ2n) is 10.1. The molecule has 0 unspecified atom stereocenters. The second kappa shape index (κ2) is 11.7. The third kappa shape index (κ3) is 5.78. The van der Waals surface area contributed by atoms with Gasteiger partial charge in [-0.2, -0.15) is 8.78 Å². The number of hydrogen-bond donors (Lipinski definition) is 0. The Balaban J connectivity index is 1.32. The minimum Gasteiger partial charge on any atom is -0.491 e. The van der Waals surface area contributed by atoms with Crippen molar-refractivity contribution in [2.24, 2.45) is 11.8 Å². The first kappa shape index (κ1) is 25.8. The molecule has 192 valence electrons. The molecule has 0 spiro atoms. The van der Waals surface area contributed by atoms with Gasteiger partial charge in [-0.3, -0.25) is 0 Å². The zero-order valence-corrected chi connectivity index (χ0v) is 20.7. The van der Waals surface area contributed by atoms with E-state index >= 15 is 8.78 Å². The van der Waals surface area contributed by atoms with E-state index in [0.29, 0.717) is 29.9 Å². The van der Waals surface area contributed by atoms with E-state index in [0.717, 1.165) is 44.9 Å². The van der Waals surface area contributed by atoms with Crippen LogP contribution in [0.2, 0.25) is 0 Å². The largest absolute Gasteiger partial charge is 0.491 e. The van der Waals surface area contributed by atoms with Gasteiger partial charge in [-0.1, -0.05) is 25.5 Å². The predicted octanol–water partition coefficient (Wildman–Crippen LogP) is 8.68. The van der Waals surface area contributed by atoms with Gasteiger partial charge < -0.3 is 9.47 Å². The van der Waals surface area contributed by atoms with E-state index < -0.39 is 23.3 Å². The van der Waals surface area contributed by atoms with Crippen LogP contribution in [0.5, 0.6) is 11.5 Å². The number of rotatable bonds is 8. The molecule has 2 saturated carbocycles. The van der Waals surface area contributed by atoms with Gasteiger partial charge in [-0.25, -0.2) is 8.78 Å². The highest BCUT2D eigenvalue weighted by Gasteiger charge is 2.30. The van der Waals surface area contributed by atoms with Crippen molar-refractivity contribution < 1.29 is 27.0 Å². The van der Waals surface area contributed by atoms with Gasteiger partial charge in [-0.05, 0) is 105 Å². The lowest BCUT2D eigenvalue weighted by molar-refractivity contribution is 0.190. The summed E-state index contributed by atoms with van der Waals surface area (Å²) in [6, 6.07) is 6.34. The van der Waals surface area contributed by atoms with Crippen LogP contribution in [0.3, 0.4) is 0 Å². The van der Waals surface area contributed by atoms with Crippen molar-refractivity contribution in [2.75, 3.05) is 13.2 Å². The molecule has 2 aromatic carbocycles. The van der Waals surface area contributed by atoms with Crippen molar-refractivity contribution in [1.29, 1.82) is 0 Å². The number of halogens is 4. The molecule has 35 heavy (non-hydrogen) atoms. The van der Waals surface area contributed by atoms with Crippen LogP contribution < -0.4 is 9.47 Å². The summed E-state index contributed by atoms with van der Waals surface area (Å²) in [6.45, 7) is 4.39. The van der Waals surface area contributed by atoms with Crippen molar-refractivity contribution in [1.82, 2.24) is 0 Å². The highest BCUT2D eigenvalue weighted by Crippen LogP contribution is 2.42. The molecular formula is C29H36F4O2. The van der Waals surface area contributed by atoms with Crippen molar-refractivity contribution in [3.8, 4) is 11.5 Å². The molecule has 2 fully saturated rings. The van der Waals surface area contributed by atoms with E-state index in [1.807, 2.05) is 6.07 Å². The van der Waals surface area contributed by atoms with E-state index in [4.69, 9.17) is 9.47 Å². The molecule has 2 nitrogen and oxygen atoms in total. The van der Waals surface area contributed by atoms with Crippen LogP contribution >= 0.6 is 0 Å². The maximum atomic E-state index is 15.1. The van der Waals surface area contributed by atoms with Gasteiger partial charge in [0.2, 0.25) is 11.6 Å². The standard InChI is InChI=1S/C29H36F4O2/c1-3-18-5-9-20(10-6-18)22-13-14-23(27(31)26(22)30)21-11-7-19(8-12-21)17-35-25-16-15-24(34-4-2)28(32)29(25)33/h13-16,18-21H,3-12,17H2,1-2H3. The first-order valence-electron chi connectivity index (χ1n) is 13.1. The molecule has 0 heterocycles. The van der Waals surface area contributed by atoms with Crippen molar-refractivity contribution in [2.45, 2.75) is 83.5 Å².